The second-order valence-electron chi connectivity index (χ2n) is 6.00. The molecule has 0 amide bonds. The van der Waals surface area contributed by atoms with Crippen molar-refractivity contribution in [2.24, 2.45) is 5.10 Å². The van der Waals surface area contributed by atoms with Crippen LogP contribution in [0.5, 0.6) is 11.5 Å². The molecular formula is C18H12BrClFN7O3. The molecule has 2 aromatic heterocycles. The van der Waals surface area contributed by atoms with Gasteiger partial charge in [0.15, 0.2) is 23.1 Å². The van der Waals surface area contributed by atoms with Gasteiger partial charge in [0.05, 0.1) is 18.3 Å². The van der Waals surface area contributed by atoms with Crippen LogP contribution in [0.25, 0.3) is 11.3 Å². The molecule has 2 aromatic carbocycles. The SMILES string of the molecule is COc1cc(Br)cc(C=NNc2nc3nonc3nc2Nc2ccc(F)c(Cl)c2)c1O. The lowest BCUT2D eigenvalue weighted by molar-refractivity contribution is 0.314. The molecule has 0 fully saturated rings. The Balaban J connectivity index is 1.65. The first-order valence-electron chi connectivity index (χ1n) is 8.52. The lowest BCUT2D eigenvalue weighted by Crippen LogP contribution is -2.03. The van der Waals surface area contributed by atoms with E-state index in [0.717, 1.165) is 0 Å². The number of anilines is 3. The van der Waals surface area contributed by atoms with E-state index < -0.39 is 5.82 Å². The number of hydrazone groups is 1. The van der Waals surface area contributed by atoms with Crippen LogP contribution in [0.2, 0.25) is 5.02 Å². The first kappa shape index (κ1) is 20.8. The van der Waals surface area contributed by atoms with Crippen LogP contribution in [0, 0.1) is 5.82 Å². The third-order valence-electron chi connectivity index (χ3n) is 3.96. The predicted molar refractivity (Wildman–Crippen MR) is 116 cm³/mol. The van der Waals surface area contributed by atoms with Crippen molar-refractivity contribution in [2.45, 2.75) is 0 Å². The number of hydrogen-bond donors (Lipinski definition) is 3. The monoisotopic (exact) mass is 507 g/mol. The first-order chi connectivity index (χ1) is 14.9. The number of methoxy groups -OCH3 is 1. The molecule has 0 unspecified atom stereocenters. The lowest BCUT2D eigenvalue weighted by atomic mass is 10.2. The molecule has 13 heteroatoms. The van der Waals surface area contributed by atoms with Gasteiger partial charge in [-0.2, -0.15) is 10.1 Å². The van der Waals surface area contributed by atoms with Crippen LogP contribution in [0.1, 0.15) is 5.56 Å². The summed E-state index contributed by atoms with van der Waals surface area (Å²) in [6.07, 6.45) is 1.37. The minimum Gasteiger partial charge on any atom is -0.504 e. The molecule has 0 aliphatic carbocycles. The molecule has 0 aliphatic rings. The summed E-state index contributed by atoms with van der Waals surface area (Å²) in [4.78, 5) is 8.53. The molecule has 2 heterocycles. The quantitative estimate of drug-likeness (QED) is 0.255. The summed E-state index contributed by atoms with van der Waals surface area (Å²) in [5.74, 6) is 0.0149. The van der Waals surface area contributed by atoms with Gasteiger partial charge in [0.25, 0.3) is 0 Å². The van der Waals surface area contributed by atoms with Gasteiger partial charge in [0.1, 0.15) is 5.82 Å². The highest BCUT2D eigenvalue weighted by Gasteiger charge is 2.14. The van der Waals surface area contributed by atoms with Crippen LogP contribution in [0.3, 0.4) is 0 Å². The van der Waals surface area contributed by atoms with E-state index in [-0.39, 0.29) is 39.5 Å². The Bertz CT molecular complexity index is 1300. The molecule has 3 N–H and O–H groups in total. The Hall–Kier alpha value is -3.51. The van der Waals surface area contributed by atoms with Gasteiger partial charge >= 0.3 is 0 Å². The molecule has 0 saturated heterocycles. The number of aromatic nitrogens is 4. The molecular weight excluding hydrogens is 497 g/mol. The van der Waals surface area contributed by atoms with Gasteiger partial charge < -0.3 is 15.2 Å². The van der Waals surface area contributed by atoms with Gasteiger partial charge in [0, 0.05) is 15.7 Å². The Labute approximate surface area is 187 Å². The molecule has 0 radical (unpaired) electrons. The maximum absolute atomic E-state index is 13.4. The number of fused-ring (bicyclic) bond motifs is 1. The van der Waals surface area contributed by atoms with Crippen molar-refractivity contribution in [1.29, 1.82) is 0 Å². The van der Waals surface area contributed by atoms with Gasteiger partial charge in [-0.3, -0.25) is 5.43 Å². The highest BCUT2D eigenvalue weighted by Crippen LogP contribution is 2.32. The smallest absolute Gasteiger partial charge is 0.245 e. The van der Waals surface area contributed by atoms with Crippen molar-refractivity contribution in [1.82, 2.24) is 20.3 Å². The number of aromatic hydroxyl groups is 1. The molecule has 10 nitrogen and oxygen atoms in total. The van der Waals surface area contributed by atoms with Crippen molar-refractivity contribution >= 4 is 62.4 Å². The summed E-state index contributed by atoms with van der Waals surface area (Å²) < 4.78 is 23.9. The number of nitrogens with zero attached hydrogens (tertiary/aromatic N) is 5. The van der Waals surface area contributed by atoms with Crippen molar-refractivity contribution < 1.29 is 18.9 Å². The molecule has 0 bridgehead atoms. The number of phenolic OH excluding ortho intramolecular Hbond substituents is 1. The van der Waals surface area contributed by atoms with Crippen LogP contribution in [-0.2, 0) is 0 Å². The number of nitrogens with one attached hydrogen (secondary N) is 2. The standard InChI is InChI=1S/C18H12BrClFN7O3/c1-30-13-5-9(19)4-8(14(13)29)7-22-26-16-15(24-17-18(25-16)28-31-27-17)23-10-2-3-12(21)11(20)6-10/h2-7,29H,1H3,(H,23,24,27)(H,25,26,28). The zero-order valence-electron chi connectivity index (χ0n) is 15.6. The van der Waals surface area contributed by atoms with Crippen molar-refractivity contribution in [3.8, 4) is 11.5 Å². The molecule has 0 aliphatic heterocycles. The summed E-state index contributed by atoms with van der Waals surface area (Å²) in [5.41, 5.74) is 3.86. The van der Waals surface area contributed by atoms with Crippen LogP contribution in [-0.4, -0.2) is 38.7 Å². The van der Waals surface area contributed by atoms with Crippen LogP contribution >= 0.6 is 27.5 Å². The van der Waals surface area contributed by atoms with Gasteiger partial charge in [-0.15, -0.1) is 0 Å². The summed E-state index contributed by atoms with van der Waals surface area (Å²) in [7, 11) is 1.44. The highest BCUT2D eigenvalue weighted by atomic mass is 79.9. The number of phenols is 1. The van der Waals surface area contributed by atoms with E-state index in [1.807, 2.05) is 0 Å². The zero-order valence-corrected chi connectivity index (χ0v) is 17.9. The summed E-state index contributed by atoms with van der Waals surface area (Å²) in [5, 5.41) is 24.6. The molecule has 31 heavy (non-hydrogen) atoms. The van der Waals surface area contributed by atoms with Gasteiger partial charge in [0.2, 0.25) is 11.3 Å². The van der Waals surface area contributed by atoms with E-state index in [0.29, 0.717) is 15.7 Å². The molecule has 4 aromatic rings. The zero-order chi connectivity index (χ0) is 22.0. The fraction of sp³-hybridized carbons (Fsp3) is 0.0556. The Kier molecular flexibility index (Phi) is 5.82. The summed E-state index contributed by atoms with van der Waals surface area (Å²) >= 11 is 9.17. The Morgan fingerprint density at radius 3 is 2.65 bits per heavy atom. The number of hydrogen-bond acceptors (Lipinski definition) is 10. The molecule has 0 saturated carbocycles. The molecule has 4 rings (SSSR count). The van der Waals surface area contributed by atoms with E-state index in [9.17, 15) is 9.50 Å². The van der Waals surface area contributed by atoms with Gasteiger partial charge in [-0.25, -0.2) is 14.0 Å². The normalized spacial score (nSPS) is 11.2. The van der Waals surface area contributed by atoms with E-state index >= 15 is 0 Å². The third kappa shape index (κ3) is 4.49. The molecule has 158 valence electrons. The second-order valence-corrected chi connectivity index (χ2v) is 7.32. The number of benzene rings is 2. The average molecular weight is 509 g/mol. The van der Waals surface area contributed by atoms with Gasteiger partial charge in [-0.1, -0.05) is 27.5 Å². The van der Waals surface area contributed by atoms with Gasteiger partial charge in [-0.05, 0) is 40.6 Å². The van der Waals surface area contributed by atoms with Crippen molar-refractivity contribution in [2.75, 3.05) is 17.9 Å². The van der Waals surface area contributed by atoms with E-state index in [1.165, 1.54) is 31.5 Å². The van der Waals surface area contributed by atoms with E-state index in [4.69, 9.17) is 16.3 Å². The minimum absolute atomic E-state index is 0.0613. The summed E-state index contributed by atoms with van der Waals surface area (Å²) in [6, 6.07) is 7.35. The van der Waals surface area contributed by atoms with Crippen LogP contribution < -0.4 is 15.5 Å². The second kappa shape index (κ2) is 8.70. The number of ether oxygens (including phenoxy) is 1. The van der Waals surface area contributed by atoms with Crippen molar-refractivity contribution in [3.05, 3.63) is 51.2 Å². The lowest BCUT2D eigenvalue weighted by Gasteiger charge is -2.10. The first-order valence-corrected chi connectivity index (χ1v) is 9.69. The fourth-order valence-electron chi connectivity index (χ4n) is 2.53. The molecule has 0 atom stereocenters. The Morgan fingerprint density at radius 2 is 1.94 bits per heavy atom. The predicted octanol–water partition coefficient (Wildman–Crippen LogP) is 4.47. The largest absolute Gasteiger partial charge is 0.504 e. The maximum Gasteiger partial charge on any atom is 0.245 e. The minimum atomic E-state index is -0.554. The maximum atomic E-state index is 13.4. The number of halogens is 3. The van der Waals surface area contributed by atoms with Crippen LogP contribution in [0.4, 0.5) is 21.7 Å². The Morgan fingerprint density at radius 1 is 1.19 bits per heavy atom. The van der Waals surface area contributed by atoms with E-state index in [1.54, 1.807) is 12.1 Å². The van der Waals surface area contributed by atoms with E-state index in [2.05, 4.69) is 56.7 Å². The van der Waals surface area contributed by atoms with Crippen LogP contribution in [0.15, 0.2) is 44.5 Å². The summed E-state index contributed by atoms with van der Waals surface area (Å²) in [6.45, 7) is 0. The third-order valence-corrected chi connectivity index (χ3v) is 4.71. The molecule has 0 spiro atoms. The van der Waals surface area contributed by atoms with Crippen molar-refractivity contribution in [3.63, 3.8) is 0 Å². The average Bonchev–Trinajstić information content (AvgIpc) is 3.20. The topological polar surface area (TPSA) is 131 Å². The highest BCUT2D eigenvalue weighted by molar-refractivity contribution is 9.10. The fourth-order valence-corrected chi connectivity index (χ4v) is 3.16. The number of rotatable bonds is 6.